The van der Waals surface area contributed by atoms with Crippen LogP contribution in [-0.4, -0.2) is 63.8 Å². The van der Waals surface area contributed by atoms with Crippen molar-refractivity contribution in [3.63, 3.8) is 0 Å². The van der Waals surface area contributed by atoms with Crippen molar-refractivity contribution in [3.05, 3.63) is 24.0 Å². The average molecular weight is 365 g/mol. The number of urea groups is 1. The summed E-state index contributed by atoms with van der Waals surface area (Å²) in [6.45, 7) is 0.360. The molecule has 0 saturated carbocycles. The van der Waals surface area contributed by atoms with Crippen molar-refractivity contribution in [3.8, 4) is 0 Å². The molecule has 1 fully saturated rings. The Morgan fingerprint density at radius 2 is 2.21 bits per heavy atom. The first kappa shape index (κ1) is 18.9. The summed E-state index contributed by atoms with van der Waals surface area (Å²) in [6, 6.07) is 0.166. The number of amides is 3. The molecule has 0 aliphatic carbocycles. The maximum Gasteiger partial charge on any atom is 1.00 e. The van der Waals surface area contributed by atoms with E-state index in [2.05, 4.69) is 9.38 Å². The third-order valence-electron chi connectivity index (χ3n) is 3.37. The Labute approximate surface area is 159 Å². The summed E-state index contributed by atoms with van der Waals surface area (Å²) in [6.07, 6.45) is 3.15. The topological polar surface area (TPSA) is 151 Å². The molecule has 1 atom stereocenters. The van der Waals surface area contributed by atoms with Gasteiger partial charge in [-0.25, -0.2) is 17.9 Å². The Bertz CT molecular complexity index is 806. The Hall–Kier alpha value is -1.44. The van der Waals surface area contributed by atoms with Crippen molar-refractivity contribution in [1.82, 2.24) is 19.7 Å². The minimum Gasteiger partial charge on any atom is -0.724 e. The molecule has 2 bridgehead atoms. The van der Waals surface area contributed by atoms with E-state index < -0.39 is 28.4 Å². The van der Waals surface area contributed by atoms with Crippen molar-refractivity contribution in [2.45, 2.75) is 12.5 Å². The summed E-state index contributed by atoms with van der Waals surface area (Å²) in [5, 5.41) is 4.70. The zero-order valence-electron chi connectivity index (χ0n) is 12.7. The van der Waals surface area contributed by atoms with Crippen molar-refractivity contribution in [1.29, 1.82) is 0 Å². The number of carbonyl (C=O) groups excluding carboxylic acids is 2. The van der Waals surface area contributed by atoms with Crippen LogP contribution in [0.3, 0.4) is 0 Å². The molecule has 2 aliphatic heterocycles. The number of hydroxylamine groups is 2. The van der Waals surface area contributed by atoms with Crippen molar-refractivity contribution < 1.29 is 56.4 Å². The fourth-order valence-electron chi connectivity index (χ4n) is 2.51. The first-order chi connectivity index (χ1) is 10.7. The van der Waals surface area contributed by atoms with Gasteiger partial charge in [-0.2, -0.15) is 14.4 Å². The minimum absolute atomic E-state index is 0. The zero-order valence-corrected chi connectivity index (χ0v) is 15.5. The quantitative estimate of drug-likeness (QED) is 0.313. The number of hydrogen-bond donors (Lipinski definition) is 1. The largest absolute Gasteiger partial charge is 1.00 e. The van der Waals surface area contributed by atoms with E-state index in [9.17, 15) is 22.6 Å². The van der Waals surface area contributed by atoms with Crippen LogP contribution in [0.1, 0.15) is 5.69 Å². The van der Waals surface area contributed by atoms with Crippen LogP contribution in [0.25, 0.3) is 5.70 Å². The van der Waals surface area contributed by atoms with Gasteiger partial charge < -0.3 is 15.2 Å². The summed E-state index contributed by atoms with van der Waals surface area (Å²) in [5.74, 6) is -0.521. The van der Waals surface area contributed by atoms with Crippen LogP contribution in [0.4, 0.5) is 4.79 Å². The molecule has 2 N–H and O–H groups in total. The monoisotopic (exact) mass is 365 g/mol. The van der Waals surface area contributed by atoms with Gasteiger partial charge in [0.15, 0.2) is 0 Å². The number of carbonyl (C=O) groups is 2. The molecule has 0 aromatic carbocycles. The van der Waals surface area contributed by atoms with Crippen molar-refractivity contribution >= 4 is 28.0 Å². The smallest absolute Gasteiger partial charge is 0.724 e. The molecular formula is C11H12N5NaO6S. The van der Waals surface area contributed by atoms with Crippen LogP contribution in [0.15, 0.2) is 18.3 Å². The zero-order chi connectivity index (χ0) is 16.8. The SMILES string of the molecule is NC(=O)Cc1ccn(C2=CC3CN(C2)C(=O)N3OS(=O)(=O)[O-])n1.[Na+]. The fourth-order valence-corrected chi connectivity index (χ4v) is 2.88. The average Bonchev–Trinajstić information content (AvgIpc) is 2.97. The fraction of sp³-hybridized carbons (Fsp3) is 0.364. The van der Waals surface area contributed by atoms with Gasteiger partial charge in [0.05, 0.1) is 24.4 Å². The molecule has 3 heterocycles. The third kappa shape index (κ3) is 3.96. The van der Waals surface area contributed by atoms with Gasteiger partial charge in [-0.1, -0.05) is 0 Å². The molecule has 1 saturated heterocycles. The van der Waals surface area contributed by atoms with Gasteiger partial charge in [-0.15, -0.1) is 0 Å². The summed E-state index contributed by atoms with van der Waals surface area (Å²) in [4.78, 5) is 24.2. The number of hydrogen-bond acceptors (Lipinski definition) is 7. The van der Waals surface area contributed by atoms with Gasteiger partial charge in [0.1, 0.15) is 6.04 Å². The van der Waals surface area contributed by atoms with E-state index in [1.807, 2.05) is 0 Å². The molecule has 3 rings (SSSR count). The van der Waals surface area contributed by atoms with Crippen LogP contribution in [-0.2, 0) is 25.9 Å². The Morgan fingerprint density at radius 1 is 1.50 bits per heavy atom. The van der Waals surface area contributed by atoms with Gasteiger partial charge in [0, 0.05) is 12.7 Å². The molecule has 24 heavy (non-hydrogen) atoms. The molecule has 0 radical (unpaired) electrons. The number of nitrogens with zero attached hydrogens (tertiary/aromatic N) is 4. The molecule has 0 spiro atoms. The maximum atomic E-state index is 12.0. The van der Waals surface area contributed by atoms with E-state index in [1.165, 1.54) is 9.58 Å². The molecule has 3 amide bonds. The van der Waals surface area contributed by atoms with Crippen LogP contribution < -0.4 is 35.3 Å². The van der Waals surface area contributed by atoms with Crippen LogP contribution >= 0.6 is 0 Å². The number of nitrogens with two attached hydrogens (primary N) is 1. The Balaban J connectivity index is 0.00000208. The molecule has 11 nitrogen and oxygen atoms in total. The maximum absolute atomic E-state index is 12.0. The van der Waals surface area contributed by atoms with E-state index in [0.29, 0.717) is 16.5 Å². The van der Waals surface area contributed by atoms with Gasteiger partial charge in [0.25, 0.3) is 0 Å². The molecule has 13 heteroatoms. The van der Waals surface area contributed by atoms with E-state index in [0.717, 1.165) is 0 Å². The van der Waals surface area contributed by atoms with Crippen molar-refractivity contribution in [2.24, 2.45) is 5.73 Å². The summed E-state index contributed by atoms with van der Waals surface area (Å²) in [7, 11) is -5.05. The molecule has 124 valence electrons. The Kier molecular flexibility index (Phi) is 5.37. The predicted octanol–water partition coefficient (Wildman–Crippen LogP) is -4.73. The van der Waals surface area contributed by atoms with Crippen LogP contribution in [0.5, 0.6) is 0 Å². The normalized spacial score (nSPS) is 20.0. The summed E-state index contributed by atoms with van der Waals surface area (Å²) in [5.41, 5.74) is 6.14. The second kappa shape index (κ2) is 6.82. The first-order valence-electron chi connectivity index (χ1n) is 6.50. The summed E-state index contributed by atoms with van der Waals surface area (Å²) >= 11 is 0. The van der Waals surface area contributed by atoms with E-state index in [-0.39, 0.29) is 49.1 Å². The van der Waals surface area contributed by atoms with Gasteiger partial charge in [0.2, 0.25) is 16.3 Å². The standard InChI is InChI=1S/C11H13N5O6S.Na/c12-10(17)3-7-1-2-15(13-7)8-4-9-6-14(5-8)11(18)16(9)22-23(19,20)21;/h1-2,4,9H,3,5-6H2,(H2,12,17)(H,19,20,21);/q;+1/p-1. The second-order valence-electron chi connectivity index (χ2n) is 5.09. The number of aromatic nitrogens is 2. The van der Waals surface area contributed by atoms with Crippen molar-refractivity contribution in [2.75, 3.05) is 13.1 Å². The number of primary amides is 1. The van der Waals surface area contributed by atoms with Gasteiger partial charge in [-0.3, -0.25) is 4.79 Å². The number of rotatable bonds is 5. The molecular weight excluding hydrogens is 353 g/mol. The molecule has 1 aromatic heterocycles. The minimum atomic E-state index is -5.05. The molecule has 1 unspecified atom stereocenters. The second-order valence-corrected chi connectivity index (χ2v) is 6.06. The van der Waals surface area contributed by atoms with Crippen LogP contribution in [0, 0.1) is 0 Å². The van der Waals surface area contributed by atoms with Crippen LogP contribution in [0.2, 0.25) is 0 Å². The summed E-state index contributed by atoms with van der Waals surface area (Å²) < 4.78 is 37.8. The first-order valence-corrected chi connectivity index (χ1v) is 7.84. The Morgan fingerprint density at radius 3 is 2.83 bits per heavy atom. The van der Waals surface area contributed by atoms with E-state index in [4.69, 9.17) is 5.73 Å². The van der Waals surface area contributed by atoms with Gasteiger partial charge in [-0.05, 0) is 12.1 Å². The molecule has 1 aromatic rings. The van der Waals surface area contributed by atoms with E-state index >= 15 is 0 Å². The molecule has 2 aliphatic rings. The third-order valence-corrected chi connectivity index (χ3v) is 3.71. The number of fused-ring (bicyclic) bond motifs is 2. The predicted molar refractivity (Wildman–Crippen MR) is 72.8 cm³/mol. The van der Waals surface area contributed by atoms with E-state index in [1.54, 1.807) is 18.3 Å². The van der Waals surface area contributed by atoms with Gasteiger partial charge >= 0.3 is 35.6 Å².